The summed E-state index contributed by atoms with van der Waals surface area (Å²) in [6, 6.07) is 3.56. The molecule has 1 saturated heterocycles. The first-order chi connectivity index (χ1) is 11.0. The van der Waals surface area contributed by atoms with Crippen molar-refractivity contribution in [3.63, 3.8) is 0 Å². The van der Waals surface area contributed by atoms with Crippen LogP contribution in [0.5, 0.6) is 0 Å². The van der Waals surface area contributed by atoms with Crippen LogP contribution >= 0.6 is 0 Å². The number of hydrogen-bond donors (Lipinski definition) is 1. The van der Waals surface area contributed by atoms with Gasteiger partial charge in [0, 0.05) is 11.6 Å². The number of nitrogens with zero attached hydrogens (tertiary/aromatic N) is 3. The van der Waals surface area contributed by atoms with Crippen molar-refractivity contribution in [1.29, 1.82) is 0 Å². The highest BCUT2D eigenvalue weighted by molar-refractivity contribution is 5.54. The fourth-order valence-electron chi connectivity index (χ4n) is 3.00. The maximum Gasteiger partial charge on any atom is 0.241 e. The molecule has 2 aromatic rings. The number of piperidine rings is 1. The van der Waals surface area contributed by atoms with Crippen molar-refractivity contribution in [1.82, 2.24) is 15.0 Å². The van der Waals surface area contributed by atoms with E-state index in [0.29, 0.717) is 18.0 Å². The summed E-state index contributed by atoms with van der Waals surface area (Å²) in [6.07, 6.45) is 2.66. The topological polar surface area (TPSA) is 62.4 Å². The molecule has 124 valence electrons. The first kappa shape index (κ1) is 16.0. The summed E-state index contributed by atoms with van der Waals surface area (Å²) in [6.45, 7) is 3.08. The van der Waals surface area contributed by atoms with Crippen molar-refractivity contribution in [3.8, 4) is 11.4 Å². The van der Waals surface area contributed by atoms with Crippen LogP contribution in [0.3, 0.4) is 0 Å². The molecule has 1 fully saturated rings. The number of likely N-dealkylation sites (tertiary alicyclic amines) is 1. The predicted molar refractivity (Wildman–Crippen MR) is 79.4 cm³/mol. The Morgan fingerprint density at radius 2 is 2.17 bits per heavy atom. The zero-order valence-corrected chi connectivity index (χ0v) is 12.9. The molecule has 1 aromatic heterocycles. The van der Waals surface area contributed by atoms with Crippen LogP contribution in [-0.2, 0) is 6.54 Å². The molecule has 23 heavy (non-hydrogen) atoms. The number of halogens is 2. The van der Waals surface area contributed by atoms with Crippen LogP contribution in [0.4, 0.5) is 8.78 Å². The van der Waals surface area contributed by atoms with Crippen molar-refractivity contribution >= 4 is 0 Å². The Hall–Kier alpha value is -1.86. The maximum atomic E-state index is 13.3. The second-order valence-corrected chi connectivity index (χ2v) is 5.91. The predicted octanol–water partition coefficient (Wildman–Crippen LogP) is 2.75. The zero-order chi connectivity index (χ0) is 16.4. The molecule has 5 nitrogen and oxygen atoms in total. The first-order valence-corrected chi connectivity index (χ1v) is 7.74. The largest absolute Gasteiger partial charge is 0.392 e. The molecule has 2 heterocycles. The van der Waals surface area contributed by atoms with Gasteiger partial charge in [-0.25, -0.2) is 8.78 Å². The summed E-state index contributed by atoms with van der Waals surface area (Å²) in [4.78, 5) is 6.37. The highest BCUT2D eigenvalue weighted by Gasteiger charge is 2.27. The Kier molecular flexibility index (Phi) is 4.68. The molecular formula is C16H19F2N3O2. The van der Waals surface area contributed by atoms with Crippen LogP contribution in [0.25, 0.3) is 11.4 Å². The van der Waals surface area contributed by atoms with E-state index in [9.17, 15) is 13.9 Å². The Bertz CT molecular complexity index is 675. The minimum Gasteiger partial charge on any atom is -0.392 e. The van der Waals surface area contributed by atoms with Gasteiger partial charge in [0.1, 0.15) is 0 Å². The molecule has 0 aliphatic carbocycles. The number of aliphatic hydroxyl groups is 1. The lowest BCUT2D eigenvalue weighted by molar-refractivity contribution is 0.0260. The summed E-state index contributed by atoms with van der Waals surface area (Å²) in [5, 5.41) is 13.7. The van der Waals surface area contributed by atoms with E-state index in [2.05, 4.69) is 15.0 Å². The lowest BCUT2D eigenvalue weighted by Crippen LogP contribution is -2.45. The normalized spacial score (nSPS) is 20.6. The molecule has 1 aliphatic heterocycles. The van der Waals surface area contributed by atoms with Gasteiger partial charge >= 0.3 is 0 Å². The van der Waals surface area contributed by atoms with Gasteiger partial charge in [-0.2, -0.15) is 4.98 Å². The molecule has 0 amide bonds. The van der Waals surface area contributed by atoms with Gasteiger partial charge in [0.05, 0.1) is 12.6 Å². The molecule has 1 aromatic carbocycles. The monoisotopic (exact) mass is 323 g/mol. The average Bonchev–Trinajstić information content (AvgIpc) is 2.99. The molecule has 7 heteroatoms. The third-order valence-electron chi connectivity index (χ3n) is 4.21. The second kappa shape index (κ2) is 6.72. The van der Waals surface area contributed by atoms with Gasteiger partial charge in [0.2, 0.25) is 11.7 Å². The Morgan fingerprint density at radius 1 is 1.35 bits per heavy atom. The fraction of sp³-hybridized carbons (Fsp3) is 0.500. The molecule has 1 aliphatic rings. The Balaban J connectivity index is 1.75. The SMILES string of the molecule is CC(O)C1CCCCN1Cc1nc(-c2ccc(F)c(F)c2)no1. The Labute approximate surface area is 132 Å². The van der Waals surface area contributed by atoms with Crippen LogP contribution in [0.2, 0.25) is 0 Å². The number of benzene rings is 1. The van der Waals surface area contributed by atoms with Crippen molar-refractivity contribution in [3.05, 3.63) is 35.7 Å². The van der Waals surface area contributed by atoms with E-state index >= 15 is 0 Å². The molecule has 1 N–H and O–H groups in total. The lowest BCUT2D eigenvalue weighted by Gasteiger charge is -2.36. The summed E-state index contributed by atoms with van der Waals surface area (Å²) in [5.41, 5.74) is 0.365. The average molecular weight is 323 g/mol. The number of rotatable bonds is 4. The third kappa shape index (κ3) is 3.56. The molecule has 2 unspecified atom stereocenters. The van der Waals surface area contributed by atoms with E-state index in [1.807, 2.05) is 0 Å². The van der Waals surface area contributed by atoms with E-state index in [0.717, 1.165) is 37.9 Å². The summed E-state index contributed by atoms with van der Waals surface area (Å²) in [5.74, 6) is -1.23. The lowest BCUT2D eigenvalue weighted by atomic mass is 9.98. The number of aromatic nitrogens is 2. The fourth-order valence-corrected chi connectivity index (χ4v) is 3.00. The van der Waals surface area contributed by atoms with Gasteiger partial charge in [0.25, 0.3) is 0 Å². The van der Waals surface area contributed by atoms with Crippen LogP contribution < -0.4 is 0 Å². The highest BCUT2D eigenvalue weighted by atomic mass is 19.2. The van der Waals surface area contributed by atoms with Gasteiger partial charge < -0.3 is 9.63 Å². The van der Waals surface area contributed by atoms with E-state index in [-0.39, 0.29) is 11.9 Å². The molecular weight excluding hydrogens is 304 g/mol. The molecule has 2 atom stereocenters. The minimum absolute atomic E-state index is 0.0716. The quantitative estimate of drug-likeness (QED) is 0.937. The van der Waals surface area contributed by atoms with Crippen LogP contribution in [0.1, 0.15) is 32.1 Å². The molecule has 0 bridgehead atoms. The standard InChI is InChI=1S/C16H19F2N3O2/c1-10(22)14-4-2-3-7-21(14)9-15-19-16(20-23-15)11-5-6-12(17)13(18)8-11/h5-6,8,10,14,22H,2-4,7,9H2,1H3. The number of hydrogen-bond acceptors (Lipinski definition) is 5. The third-order valence-corrected chi connectivity index (χ3v) is 4.21. The van der Waals surface area contributed by atoms with E-state index in [1.165, 1.54) is 6.07 Å². The summed E-state index contributed by atoms with van der Waals surface area (Å²) >= 11 is 0. The maximum absolute atomic E-state index is 13.3. The van der Waals surface area contributed by atoms with Crippen LogP contribution in [0, 0.1) is 11.6 Å². The van der Waals surface area contributed by atoms with Crippen LogP contribution in [-0.4, -0.2) is 38.8 Å². The first-order valence-electron chi connectivity index (χ1n) is 7.74. The highest BCUT2D eigenvalue weighted by Crippen LogP contribution is 2.23. The van der Waals surface area contributed by atoms with Crippen molar-refractivity contribution in [2.45, 2.75) is 44.9 Å². The van der Waals surface area contributed by atoms with Gasteiger partial charge in [-0.1, -0.05) is 11.6 Å². The summed E-state index contributed by atoms with van der Waals surface area (Å²) in [7, 11) is 0. The smallest absolute Gasteiger partial charge is 0.241 e. The number of aliphatic hydroxyl groups excluding tert-OH is 1. The van der Waals surface area contributed by atoms with Gasteiger partial charge in [-0.05, 0) is 44.5 Å². The van der Waals surface area contributed by atoms with Crippen molar-refractivity contribution in [2.24, 2.45) is 0 Å². The van der Waals surface area contributed by atoms with Gasteiger partial charge in [0.15, 0.2) is 11.6 Å². The Morgan fingerprint density at radius 3 is 2.91 bits per heavy atom. The molecule has 0 saturated carbocycles. The van der Waals surface area contributed by atoms with Crippen molar-refractivity contribution in [2.75, 3.05) is 6.54 Å². The van der Waals surface area contributed by atoms with Gasteiger partial charge in [-0.15, -0.1) is 0 Å². The molecule has 3 rings (SSSR count). The summed E-state index contributed by atoms with van der Waals surface area (Å²) < 4.78 is 31.5. The van der Waals surface area contributed by atoms with E-state index < -0.39 is 17.7 Å². The van der Waals surface area contributed by atoms with Gasteiger partial charge in [-0.3, -0.25) is 4.90 Å². The van der Waals surface area contributed by atoms with Crippen LogP contribution in [0.15, 0.2) is 22.7 Å². The molecule has 0 radical (unpaired) electrons. The zero-order valence-electron chi connectivity index (χ0n) is 12.9. The van der Waals surface area contributed by atoms with E-state index in [1.54, 1.807) is 6.92 Å². The minimum atomic E-state index is -0.945. The van der Waals surface area contributed by atoms with E-state index in [4.69, 9.17) is 4.52 Å². The molecule has 0 spiro atoms. The van der Waals surface area contributed by atoms with Crippen molar-refractivity contribution < 1.29 is 18.4 Å². The second-order valence-electron chi connectivity index (χ2n) is 5.91.